The Bertz CT molecular complexity index is 1340. The highest BCUT2D eigenvalue weighted by atomic mass is 16.5. The van der Waals surface area contributed by atoms with Gasteiger partial charge in [-0.3, -0.25) is 9.59 Å². The molecule has 1 unspecified atom stereocenters. The lowest BCUT2D eigenvalue weighted by Gasteiger charge is -2.27. The molecule has 1 aliphatic heterocycles. The second-order valence-electron chi connectivity index (χ2n) is 10.1. The van der Waals surface area contributed by atoms with Crippen molar-refractivity contribution in [1.29, 1.82) is 0 Å². The first-order valence-corrected chi connectivity index (χ1v) is 13.1. The number of amides is 1. The Morgan fingerprint density at radius 1 is 1.00 bits per heavy atom. The van der Waals surface area contributed by atoms with Crippen LogP contribution >= 0.6 is 0 Å². The monoisotopic (exact) mass is 506 g/mol. The zero-order valence-corrected chi connectivity index (χ0v) is 22.8. The largest absolute Gasteiger partial charge is 0.493 e. The summed E-state index contributed by atoms with van der Waals surface area (Å²) in [7, 11) is 5.52. The third-order valence-electron chi connectivity index (χ3n) is 7.13. The molecule has 0 bridgehead atoms. The van der Waals surface area contributed by atoms with Gasteiger partial charge in [0.2, 0.25) is 5.76 Å². The average Bonchev–Trinajstić information content (AvgIpc) is 3.15. The number of unbranched alkanes of at least 4 members (excludes halogenated alkanes) is 3. The summed E-state index contributed by atoms with van der Waals surface area (Å²) in [5, 5.41) is 0.494. The summed E-state index contributed by atoms with van der Waals surface area (Å²) in [6.45, 7) is 7.84. The minimum Gasteiger partial charge on any atom is -0.493 e. The predicted molar refractivity (Wildman–Crippen MR) is 146 cm³/mol. The zero-order chi connectivity index (χ0) is 26.7. The molecule has 7 heteroatoms. The number of ether oxygens (including phenoxy) is 2. The van der Waals surface area contributed by atoms with Gasteiger partial charge < -0.3 is 23.7 Å². The number of methoxy groups -OCH3 is 1. The van der Waals surface area contributed by atoms with Crippen molar-refractivity contribution in [3.05, 3.63) is 68.6 Å². The molecule has 0 radical (unpaired) electrons. The van der Waals surface area contributed by atoms with Gasteiger partial charge in [0.15, 0.2) is 16.9 Å². The van der Waals surface area contributed by atoms with E-state index in [4.69, 9.17) is 13.9 Å². The molecule has 37 heavy (non-hydrogen) atoms. The van der Waals surface area contributed by atoms with Gasteiger partial charge in [-0.1, -0.05) is 32.3 Å². The molecule has 2 aromatic carbocycles. The Labute approximate surface area is 219 Å². The third kappa shape index (κ3) is 5.37. The number of hydrogen-bond acceptors (Lipinski definition) is 6. The van der Waals surface area contributed by atoms with E-state index in [-0.39, 0.29) is 17.1 Å². The quantitative estimate of drug-likeness (QED) is 0.321. The molecule has 0 saturated carbocycles. The molecular weight excluding hydrogens is 468 g/mol. The first-order chi connectivity index (χ1) is 17.8. The second kappa shape index (κ2) is 11.4. The van der Waals surface area contributed by atoms with E-state index in [1.807, 2.05) is 63.2 Å². The Balaban J connectivity index is 1.78. The summed E-state index contributed by atoms with van der Waals surface area (Å²) in [4.78, 5) is 31.2. The highest BCUT2D eigenvalue weighted by Gasteiger charge is 2.42. The fraction of sp³-hybridized carbons (Fsp3) is 0.467. The van der Waals surface area contributed by atoms with Crippen molar-refractivity contribution in [2.75, 3.05) is 40.9 Å². The third-order valence-corrected chi connectivity index (χ3v) is 7.13. The molecule has 1 atom stereocenters. The van der Waals surface area contributed by atoms with Gasteiger partial charge in [0.1, 0.15) is 5.58 Å². The Morgan fingerprint density at radius 3 is 2.46 bits per heavy atom. The lowest BCUT2D eigenvalue weighted by molar-refractivity contribution is 0.0716. The summed E-state index contributed by atoms with van der Waals surface area (Å²) >= 11 is 0. The van der Waals surface area contributed by atoms with Crippen LogP contribution in [0.2, 0.25) is 0 Å². The van der Waals surface area contributed by atoms with Crippen LogP contribution in [0.5, 0.6) is 11.5 Å². The van der Waals surface area contributed by atoms with Crippen LogP contribution in [0.15, 0.2) is 39.5 Å². The fourth-order valence-electron chi connectivity index (χ4n) is 4.84. The minimum atomic E-state index is -0.572. The molecule has 1 aliphatic rings. The van der Waals surface area contributed by atoms with E-state index >= 15 is 0 Å². The van der Waals surface area contributed by atoms with Gasteiger partial charge in [0.05, 0.1) is 30.7 Å². The molecule has 7 nitrogen and oxygen atoms in total. The van der Waals surface area contributed by atoms with Crippen LogP contribution in [0.1, 0.15) is 71.5 Å². The van der Waals surface area contributed by atoms with Crippen LogP contribution in [0, 0.1) is 13.8 Å². The van der Waals surface area contributed by atoms with Gasteiger partial charge in [0.25, 0.3) is 5.91 Å². The van der Waals surface area contributed by atoms with Crippen molar-refractivity contribution >= 4 is 16.9 Å². The summed E-state index contributed by atoms with van der Waals surface area (Å²) in [5.74, 6) is 1.09. The van der Waals surface area contributed by atoms with E-state index in [0.29, 0.717) is 47.7 Å². The highest BCUT2D eigenvalue weighted by molar-refractivity contribution is 5.99. The number of rotatable bonds is 11. The maximum atomic E-state index is 13.8. The Hall–Kier alpha value is -3.32. The lowest BCUT2D eigenvalue weighted by atomic mass is 9.97. The van der Waals surface area contributed by atoms with Gasteiger partial charge in [-0.25, -0.2) is 0 Å². The normalized spacial score (nSPS) is 15.1. The van der Waals surface area contributed by atoms with Crippen molar-refractivity contribution in [1.82, 2.24) is 9.80 Å². The first kappa shape index (κ1) is 26.7. The summed E-state index contributed by atoms with van der Waals surface area (Å²) in [6, 6.07) is 8.79. The van der Waals surface area contributed by atoms with Crippen LogP contribution in [0.4, 0.5) is 0 Å². The fourth-order valence-corrected chi connectivity index (χ4v) is 4.84. The number of aryl methyl sites for hydroxylation is 2. The van der Waals surface area contributed by atoms with Crippen molar-refractivity contribution in [3.63, 3.8) is 0 Å². The molecular formula is C30H38N2O5. The molecule has 198 valence electrons. The number of carbonyl (C=O) groups excluding carboxylic acids is 1. The Morgan fingerprint density at radius 2 is 1.76 bits per heavy atom. The molecule has 0 saturated heterocycles. The smallest absolute Gasteiger partial charge is 0.290 e. The zero-order valence-electron chi connectivity index (χ0n) is 22.8. The number of carbonyl (C=O) groups is 1. The molecule has 3 aromatic rings. The highest BCUT2D eigenvalue weighted by Crippen LogP contribution is 2.41. The van der Waals surface area contributed by atoms with Crippen LogP contribution < -0.4 is 14.9 Å². The van der Waals surface area contributed by atoms with Crippen LogP contribution in [0.25, 0.3) is 11.0 Å². The second-order valence-corrected chi connectivity index (χ2v) is 10.1. The molecule has 0 spiro atoms. The van der Waals surface area contributed by atoms with E-state index in [1.54, 1.807) is 12.0 Å². The van der Waals surface area contributed by atoms with Gasteiger partial charge in [-0.2, -0.15) is 0 Å². The maximum absolute atomic E-state index is 13.8. The molecule has 2 heterocycles. The number of hydrogen-bond donors (Lipinski definition) is 0. The standard InChI is InChI=1S/C30H38N2O5/c1-7-8-9-10-15-36-23-12-11-21(18-25(23)35-6)27-26-28(33)22-16-19(2)20(3)17-24(22)37-29(26)30(34)32(27)14-13-31(4)5/h11-12,16-18,27H,7-10,13-15H2,1-6H3. The van der Waals surface area contributed by atoms with Gasteiger partial charge in [0, 0.05) is 13.1 Å². The van der Waals surface area contributed by atoms with Gasteiger partial charge in [-0.15, -0.1) is 0 Å². The molecule has 0 fully saturated rings. The van der Waals surface area contributed by atoms with Crippen LogP contribution in [-0.2, 0) is 0 Å². The summed E-state index contributed by atoms with van der Waals surface area (Å²) in [6.07, 6.45) is 4.47. The van der Waals surface area contributed by atoms with E-state index in [2.05, 4.69) is 6.92 Å². The topological polar surface area (TPSA) is 72.2 Å². The Kier molecular flexibility index (Phi) is 8.22. The molecule has 1 aromatic heterocycles. The van der Waals surface area contributed by atoms with Gasteiger partial charge >= 0.3 is 0 Å². The van der Waals surface area contributed by atoms with E-state index in [1.165, 1.54) is 12.8 Å². The van der Waals surface area contributed by atoms with E-state index in [9.17, 15) is 9.59 Å². The van der Waals surface area contributed by atoms with E-state index in [0.717, 1.165) is 29.5 Å². The SMILES string of the molecule is CCCCCCOc1ccc(C2c3c(oc4cc(C)c(C)cc4c3=O)C(=O)N2CCN(C)C)cc1OC. The van der Waals surface area contributed by atoms with Crippen molar-refractivity contribution < 1.29 is 18.7 Å². The molecule has 1 amide bonds. The number of nitrogens with zero attached hydrogens (tertiary/aromatic N) is 2. The number of fused-ring (bicyclic) bond motifs is 2. The van der Waals surface area contributed by atoms with Crippen molar-refractivity contribution in [2.24, 2.45) is 0 Å². The number of benzene rings is 2. The summed E-state index contributed by atoms with van der Waals surface area (Å²) in [5.41, 5.74) is 3.47. The van der Waals surface area contributed by atoms with Crippen molar-refractivity contribution in [2.45, 2.75) is 52.5 Å². The van der Waals surface area contributed by atoms with Gasteiger partial charge in [-0.05, 0) is 75.3 Å². The van der Waals surface area contributed by atoms with Crippen molar-refractivity contribution in [3.8, 4) is 11.5 Å². The molecule has 0 N–H and O–H groups in total. The van der Waals surface area contributed by atoms with Crippen LogP contribution in [0.3, 0.4) is 0 Å². The lowest BCUT2D eigenvalue weighted by Crippen LogP contribution is -2.35. The summed E-state index contributed by atoms with van der Waals surface area (Å²) < 4.78 is 17.8. The predicted octanol–water partition coefficient (Wildman–Crippen LogP) is 5.48. The molecule has 0 aliphatic carbocycles. The van der Waals surface area contributed by atoms with Crippen LogP contribution in [-0.4, -0.2) is 56.6 Å². The number of likely N-dealkylation sites (N-methyl/N-ethyl adjacent to an activating group) is 1. The average molecular weight is 507 g/mol. The first-order valence-electron chi connectivity index (χ1n) is 13.1. The minimum absolute atomic E-state index is 0.125. The van der Waals surface area contributed by atoms with E-state index < -0.39 is 6.04 Å². The maximum Gasteiger partial charge on any atom is 0.290 e. The molecule has 4 rings (SSSR count).